The van der Waals surface area contributed by atoms with Crippen LogP contribution in [0.3, 0.4) is 0 Å². The summed E-state index contributed by atoms with van der Waals surface area (Å²) in [5.74, 6) is 0.478. The zero-order valence-electron chi connectivity index (χ0n) is 7.40. The van der Waals surface area contributed by atoms with E-state index in [0.29, 0.717) is 12.5 Å². The van der Waals surface area contributed by atoms with Gasteiger partial charge in [-0.1, -0.05) is 6.42 Å². The molecule has 72 valence electrons. The summed E-state index contributed by atoms with van der Waals surface area (Å²) in [6.45, 7) is 0.526. The second-order valence-corrected chi connectivity index (χ2v) is 3.64. The first kappa shape index (κ1) is 8.53. The van der Waals surface area contributed by atoms with Gasteiger partial charge in [0.15, 0.2) is 5.90 Å². The van der Waals surface area contributed by atoms with Crippen LogP contribution in [0.15, 0.2) is 4.99 Å². The summed E-state index contributed by atoms with van der Waals surface area (Å²) in [5, 5.41) is 8.54. The summed E-state index contributed by atoms with van der Waals surface area (Å²) in [7, 11) is 0. The largest absolute Gasteiger partial charge is 0.481 e. The third kappa shape index (κ3) is 1.82. The van der Waals surface area contributed by atoms with Gasteiger partial charge in [-0.3, -0.25) is 9.79 Å². The number of ether oxygens (including phenoxy) is 1. The Morgan fingerprint density at radius 1 is 1.62 bits per heavy atom. The van der Waals surface area contributed by atoms with Crippen molar-refractivity contribution >= 4 is 11.9 Å². The van der Waals surface area contributed by atoms with E-state index in [9.17, 15) is 4.79 Å². The monoisotopic (exact) mass is 183 g/mol. The molecule has 1 N–H and O–H groups in total. The Labute approximate surface area is 76.6 Å². The van der Waals surface area contributed by atoms with E-state index >= 15 is 0 Å². The SMILES string of the molecule is O=C(O)CC1CN=C(C2CCC2)O1. The Hall–Kier alpha value is -1.06. The lowest BCUT2D eigenvalue weighted by Crippen LogP contribution is -2.25. The number of carboxylic acids is 1. The maximum Gasteiger partial charge on any atom is 0.307 e. The molecule has 1 aliphatic heterocycles. The van der Waals surface area contributed by atoms with Crippen LogP contribution >= 0.6 is 0 Å². The van der Waals surface area contributed by atoms with Crippen LogP contribution in [0.2, 0.25) is 0 Å². The molecule has 1 saturated carbocycles. The molecule has 0 bridgehead atoms. The van der Waals surface area contributed by atoms with E-state index in [1.807, 2.05) is 0 Å². The van der Waals surface area contributed by atoms with Crippen molar-refractivity contribution in [1.82, 2.24) is 0 Å². The molecule has 0 spiro atoms. The van der Waals surface area contributed by atoms with Crippen molar-refractivity contribution in [2.45, 2.75) is 31.8 Å². The summed E-state index contributed by atoms with van der Waals surface area (Å²) in [5.41, 5.74) is 0. The molecule has 0 saturated heterocycles. The topological polar surface area (TPSA) is 58.9 Å². The lowest BCUT2D eigenvalue weighted by atomic mass is 9.85. The third-order valence-corrected chi connectivity index (χ3v) is 2.59. The van der Waals surface area contributed by atoms with Crippen molar-refractivity contribution in [1.29, 1.82) is 0 Å². The van der Waals surface area contributed by atoms with Crippen molar-refractivity contribution in [3.05, 3.63) is 0 Å². The van der Waals surface area contributed by atoms with Crippen molar-refractivity contribution in [2.75, 3.05) is 6.54 Å². The lowest BCUT2D eigenvalue weighted by Gasteiger charge is -2.25. The number of carbonyl (C=O) groups is 1. The molecule has 4 nitrogen and oxygen atoms in total. The van der Waals surface area contributed by atoms with E-state index in [-0.39, 0.29) is 12.5 Å². The minimum Gasteiger partial charge on any atom is -0.481 e. The molecular formula is C9H13NO3. The van der Waals surface area contributed by atoms with Crippen LogP contribution in [0.4, 0.5) is 0 Å². The average Bonchev–Trinajstić information content (AvgIpc) is 2.31. The van der Waals surface area contributed by atoms with E-state index in [2.05, 4.69) is 4.99 Å². The standard InChI is InChI=1S/C9H13NO3/c11-8(12)4-7-5-10-9(13-7)6-2-1-3-6/h6-7H,1-5H2,(H,11,12). The predicted molar refractivity (Wildman–Crippen MR) is 46.8 cm³/mol. The molecule has 0 aromatic rings. The Bertz CT molecular complexity index is 245. The summed E-state index contributed by atoms with van der Waals surface area (Å²) >= 11 is 0. The molecule has 0 amide bonds. The van der Waals surface area contributed by atoms with Gasteiger partial charge in [-0.25, -0.2) is 0 Å². The zero-order chi connectivity index (χ0) is 9.26. The molecule has 4 heteroatoms. The van der Waals surface area contributed by atoms with Gasteiger partial charge < -0.3 is 9.84 Å². The average molecular weight is 183 g/mol. The molecule has 1 heterocycles. The highest BCUT2D eigenvalue weighted by Crippen LogP contribution is 2.30. The fourth-order valence-electron chi connectivity index (χ4n) is 1.62. The van der Waals surface area contributed by atoms with Crippen LogP contribution in [0.1, 0.15) is 25.7 Å². The van der Waals surface area contributed by atoms with Crippen LogP contribution in [-0.4, -0.2) is 29.6 Å². The third-order valence-electron chi connectivity index (χ3n) is 2.59. The highest BCUT2D eigenvalue weighted by molar-refractivity contribution is 5.81. The van der Waals surface area contributed by atoms with Crippen LogP contribution in [0.5, 0.6) is 0 Å². The maximum atomic E-state index is 10.4. The van der Waals surface area contributed by atoms with Gasteiger partial charge in [0, 0.05) is 5.92 Å². The van der Waals surface area contributed by atoms with E-state index in [4.69, 9.17) is 9.84 Å². The number of aliphatic carboxylic acids is 1. The molecule has 0 radical (unpaired) electrons. The molecule has 1 aliphatic carbocycles. The number of carboxylic acid groups (broad SMARTS) is 1. The molecule has 13 heavy (non-hydrogen) atoms. The van der Waals surface area contributed by atoms with Crippen LogP contribution in [0.25, 0.3) is 0 Å². The predicted octanol–water partition coefficient (Wildman–Crippen LogP) is 1.06. The van der Waals surface area contributed by atoms with Gasteiger partial charge in [-0.2, -0.15) is 0 Å². The fourth-order valence-corrected chi connectivity index (χ4v) is 1.62. The van der Waals surface area contributed by atoms with Crippen molar-refractivity contribution in [3.8, 4) is 0 Å². The van der Waals surface area contributed by atoms with E-state index in [1.165, 1.54) is 6.42 Å². The molecule has 1 unspecified atom stereocenters. The number of aliphatic imine (C=N–C) groups is 1. The van der Waals surface area contributed by atoms with Gasteiger partial charge in [-0.05, 0) is 12.8 Å². The second-order valence-electron chi connectivity index (χ2n) is 3.64. The van der Waals surface area contributed by atoms with Crippen LogP contribution < -0.4 is 0 Å². The molecular weight excluding hydrogens is 170 g/mol. The number of rotatable bonds is 3. The van der Waals surface area contributed by atoms with Crippen molar-refractivity contribution < 1.29 is 14.6 Å². The van der Waals surface area contributed by atoms with E-state index < -0.39 is 5.97 Å². The Balaban J connectivity index is 1.81. The van der Waals surface area contributed by atoms with Gasteiger partial charge in [0.1, 0.15) is 6.10 Å². The zero-order valence-corrected chi connectivity index (χ0v) is 7.40. The minimum absolute atomic E-state index is 0.0692. The maximum absolute atomic E-state index is 10.4. The molecule has 0 aromatic heterocycles. The highest BCUT2D eigenvalue weighted by atomic mass is 16.5. The first-order valence-electron chi connectivity index (χ1n) is 4.68. The summed E-state index contributed by atoms with van der Waals surface area (Å²) in [6.07, 6.45) is 3.40. The fraction of sp³-hybridized carbons (Fsp3) is 0.778. The summed E-state index contributed by atoms with van der Waals surface area (Å²) in [4.78, 5) is 14.6. The quantitative estimate of drug-likeness (QED) is 0.711. The normalized spacial score (nSPS) is 27.7. The highest BCUT2D eigenvalue weighted by Gasteiger charge is 2.31. The second kappa shape index (κ2) is 3.36. The molecule has 2 aliphatic rings. The first-order valence-corrected chi connectivity index (χ1v) is 4.68. The Kier molecular flexibility index (Phi) is 2.20. The Morgan fingerprint density at radius 2 is 2.38 bits per heavy atom. The number of hydrogen-bond donors (Lipinski definition) is 1. The summed E-state index contributed by atoms with van der Waals surface area (Å²) < 4.78 is 5.45. The first-order chi connectivity index (χ1) is 6.25. The molecule has 2 rings (SSSR count). The Morgan fingerprint density at radius 3 is 2.92 bits per heavy atom. The number of nitrogens with zero attached hydrogens (tertiary/aromatic N) is 1. The lowest BCUT2D eigenvalue weighted by molar-refractivity contribution is -0.138. The number of hydrogen-bond acceptors (Lipinski definition) is 3. The molecule has 1 atom stereocenters. The van der Waals surface area contributed by atoms with Gasteiger partial charge in [0.05, 0.1) is 13.0 Å². The van der Waals surface area contributed by atoms with Crippen LogP contribution in [-0.2, 0) is 9.53 Å². The summed E-state index contributed by atoms with van der Waals surface area (Å²) in [6, 6.07) is 0. The van der Waals surface area contributed by atoms with Crippen molar-refractivity contribution in [2.24, 2.45) is 10.9 Å². The van der Waals surface area contributed by atoms with E-state index in [0.717, 1.165) is 18.7 Å². The van der Waals surface area contributed by atoms with Crippen molar-refractivity contribution in [3.63, 3.8) is 0 Å². The smallest absolute Gasteiger partial charge is 0.307 e. The molecule has 0 aromatic carbocycles. The van der Waals surface area contributed by atoms with E-state index in [1.54, 1.807) is 0 Å². The van der Waals surface area contributed by atoms with Crippen LogP contribution in [0, 0.1) is 5.92 Å². The van der Waals surface area contributed by atoms with Gasteiger partial charge >= 0.3 is 5.97 Å². The van der Waals surface area contributed by atoms with Gasteiger partial charge in [0.2, 0.25) is 0 Å². The molecule has 1 fully saturated rings. The van der Waals surface area contributed by atoms with Gasteiger partial charge in [-0.15, -0.1) is 0 Å². The van der Waals surface area contributed by atoms with Gasteiger partial charge in [0.25, 0.3) is 0 Å². The minimum atomic E-state index is -0.810.